The van der Waals surface area contributed by atoms with Gasteiger partial charge in [-0.25, -0.2) is 0 Å². The zero-order valence-electron chi connectivity index (χ0n) is 11.8. The second-order valence-corrected chi connectivity index (χ2v) is 5.33. The molecule has 0 aliphatic heterocycles. The molecule has 3 atom stereocenters. The number of rotatable bonds is 3. The number of hydrogen-bond donors (Lipinski definition) is 0. The second-order valence-electron chi connectivity index (χ2n) is 5.33. The Balaban J connectivity index is 2.42. The molecule has 0 N–H and O–H groups in total. The van der Waals surface area contributed by atoms with E-state index >= 15 is 0 Å². The van der Waals surface area contributed by atoms with Gasteiger partial charge in [0.1, 0.15) is 0 Å². The molecule has 0 bridgehead atoms. The predicted molar refractivity (Wildman–Crippen MR) is 70.6 cm³/mol. The standard InChI is InChI=1S/C15H18O5/c1-15-9(7-13(17)20-3)5-4-6-10(15)11(16)8-12(19-2)14(15)18/h4-5,8-10H,6-7H2,1-3H3/t9-,10-,15+/m1/s1. The van der Waals surface area contributed by atoms with Crippen LogP contribution in [0.15, 0.2) is 24.0 Å². The van der Waals surface area contributed by atoms with E-state index in [2.05, 4.69) is 4.74 Å². The number of Topliss-reactive ketones (excluding diaryl/α,β-unsaturated/α-hetero) is 1. The lowest BCUT2D eigenvalue weighted by Crippen LogP contribution is -2.50. The summed E-state index contributed by atoms with van der Waals surface area (Å²) in [6.45, 7) is 1.74. The summed E-state index contributed by atoms with van der Waals surface area (Å²) >= 11 is 0. The Bertz CT molecular complexity index is 516. The van der Waals surface area contributed by atoms with Gasteiger partial charge in [-0.3, -0.25) is 14.4 Å². The predicted octanol–water partition coefficient (Wildman–Crippen LogP) is 1.43. The SMILES string of the molecule is COC(=O)C[C@H]1C=CC[C@@H]2C(=O)C=C(OC)C(=O)[C@@]12C. The first-order chi connectivity index (χ1) is 9.44. The van der Waals surface area contributed by atoms with Crippen LogP contribution >= 0.6 is 0 Å². The van der Waals surface area contributed by atoms with Gasteiger partial charge in [-0.2, -0.15) is 0 Å². The molecule has 0 aromatic heterocycles. The fraction of sp³-hybridized carbons (Fsp3) is 0.533. The number of methoxy groups -OCH3 is 2. The number of allylic oxidation sites excluding steroid dienone is 4. The minimum absolute atomic E-state index is 0.0684. The molecule has 2 aliphatic rings. The molecular weight excluding hydrogens is 260 g/mol. The number of fused-ring (bicyclic) bond motifs is 1. The maximum Gasteiger partial charge on any atom is 0.306 e. The first-order valence-electron chi connectivity index (χ1n) is 6.53. The van der Waals surface area contributed by atoms with Crippen molar-refractivity contribution >= 4 is 17.5 Å². The van der Waals surface area contributed by atoms with Crippen LogP contribution in [0.4, 0.5) is 0 Å². The average Bonchev–Trinajstić information content (AvgIpc) is 2.44. The highest BCUT2D eigenvalue weighted by Gasteiger charge is 2.54. The van der Waals surface area contributed by atoms with Gasteiger partial charge in [0.15, 0.2) is 11.5 Å². The van der Waals surface area contributed by atoms with E-state index in [1.54, 1.807) is 6.92 Å². The highest BCUT2D eigenvalue weighted by molar-refractivity contribution is 6.12. The molecule has 0 saturated heterocycles. The normalized spacial score (nSPS) is 32.5. The van der Waals surface area contributed by atoms with Crippen LogP contribution in [-0.2, 0) is 23.9 Å². The third-order valence-corrected chi connectivity index (χ3v) is 4.40. The summed E-state index contributed by atoms with van der Waals surface area (Å²) in [5.74, 6) is -1.46. The van der Waals surface area contributed by atoms with Gasteiger partial charge in [-0.15, -0.1) is 0 Å². The van der Waals surface area contributed by atoms with Crippen molar-refractivity contribution in [3.05, 3.63) is 24.0 Å². The minimum atomic E-state index is -0.944. The van der Waals surface area contributed by atoms with Crippen LogP contribution in [0.2, 0.25) is 0 Å². The van der Waals surface area contributed by atoms with Crippen molar-refractivity contribution in [2.24, 2.45) is 17.3 Å². The van der Waals surface area contributed by atoms with E-state index in [1.165, 1.54) is 20.3 Å². The van der Waals surface area contributed by atoms with E-state index < -0.39 is 17.3 Å². The van der Waals surface area contributed by atoms with Crippen molar-refractivity contribution in [1.82, 2.24) is 0 Å². The summed E-state index contributed by atoms with van der Waals surface area (Å²) in [5, 5.41) is 0. The molecule has 5 nitrogen and oxygen atoms in total. The van der Waals surface area contributed by atoms with Crippen LogP contribution in [0.1, 0.15) is 19.8 Å². The Labute approximate surface area is 117 Å². The third-order valence-electron chi connectivity index (χ3n) is 4.40. The molecule has 0 heterocycles. The van der Waals surface area contributed by atoms with Crippen molar-refractivity contribution < 1.29 is 23.9 Å². The van der Waals surface area contributed by atoms with E-state index in [-0.39, 0.29) is 29.7 Å². The summed E-state index contributed by atoms with van der Waals surface area (Å²) in [4.78, 5) is 36.3. The lowest BCUT2D eigenvalue weighted by atomic mass is 9.57. The van der Waals surface area contributed by atoms with Crippen LogP contribution in [-0.4, -0.2) is 31.8 Å². The molecule has 0 saturated carbocycles. The Morgan fingerprint density at radius 3 is 2.70 bits per heavy atom. The summed E-state index contributed by atoms with van der Waals surface area (Å²) in [6, 6.07) is 0. The van der Waals surface area contributed by atoms with Crippen LogP contribution < -0.4 is 0 Å². The molecule has 0 fully saturated rings. The van der Waals surface area contributed by atoms with Gasteiger partial charge in [0.05, 0.1) is 26.1 Å². The van der Waals surface area contributed by atoms with Crippen molar-refractivity contribution in [2.45, 2.75) is 19.8 Å². The molecule has 0 aromatic carbocycles. The molecule has 0 aromatic rings. The highest BCUT2D eigenvalue weighted by atomic mass is 16.5. The molecule has 2 aliphatic carbocycles. The van der Waals surface area contributed by atoms with Crippen molar-refractivity contribution in [3.63, 3.8) is 0 Å². The molecule has 20 heavy (non-hydrogen) atoms. The Hall–Kier alpha value is -1.91. The monoisotopic (exact) mass is 278 g/mol. The zero-order chi connectivity index (χ0) is 14.9. The smallest absolute Gasteiger partial charge is 0.306 e. The lowest BCUT2D eigenvalue weighted by Gasteiger charge is -2.44. The topological polar surface area (TPSA) is 69.7 Å². The van der Waals surface area contributed by atoms with Crippen LogP contribution in [0.25, 0.3) is 0 Å². The van der Waals surface area contributed by atoms with E-state index in [1.807, 2.05) is 12.2 Å². The Kier molecular flexibility index (Phi) is 3.79. The van der Waals surface area contributed by atoms with Crippen LogP contribution in [0.5, 0.6) is 0 Å². The highest BCUT2D eigenvalue weighted by Crippen LogP contribution is 2.48. The first kappa shape index (κ1) is 14.5. The van der Waals surface area contributed by atoms with Crippen molar-refractivity contribution in [2.75, 3.05) is 14.2 Å². The molecule has 0 radical (unpaired) electrons. The zero-order valence-corrected chi connectivity index (χ0v) is 11.8. The Morgan fingerprint density at radius 2 is 2.10 bits per heavy atom. The van der Waals surface area contributed by atoms with Gasteiger partial charge >= 0.3 is 5.97 Å². The fourth-order valence-corrected chi connectivity index (χ4v) is 3.08. The van der Waals surface area contributed by atoms with Crippen molar-refractivity contribution in [3.8, 4) is 0 Å². The van der Waals surface area contributed by atoms with Gasteiger partial charge in [0.25, 0.3) is 0 Å². The number of carbonyl (C=O) groups is 3. The molecule has 108 valence electrons. The molecule has 2 rings (SSSR count). The molecule has 0 spiro atoms. The summed E-state index contributed by atoms with van der Waals surface area (Å²) in [5.41, 5.74) is -0.944. The number of ether oxygens (including phenoxy) is 2. The molecule has 0 amide bonds. The maximum absolute atomic E-state index is 12.6. The first-order valence-corrected chi connectivity index (χ1v) is 6.53. The van der Waals surface area contributed by atoms with Gasteiger partial charge < -0.3 is 9.47 Å². The van der Waals surface area contributed by atoms with E-state index in [0.717, 1.165) is 0 Å². The number of ketones is 2. The summed E-state index contributed by atoms with van der Waals surface area (Å²) in [6.07, 6.45) is 5.54. The summed E-state index contributed by atoms with van der Waals surface area (Å²) in [7, 11) is 2.68. The van der Waals surface area contributed by atoms with Gasteiger partial charge in [0, 0.05) is 17.9 Å². The number of carbonyl (C=O) groups excluding carboxylic acids is 3. The molecular formula is C15H18O5. The maximum atomic E-state index is 12.6. The van der Waals surface area contributed by atoms with E-state index in [0.29, 0.717) is 6.42 Å². The molecule has 0 unspecified atom stereocenters. The Morgan fingerprint density at radius 1 is 1.40 bits per heavy atom. The van der Waals surface area contributed by atoms with Crippen molar-refractivity contribution in [1.29, 1.82) is 0 Å². The van der Waals surface area contributed by atoms with E-state index in [4.69, 9.17) is 4.74 Å². The second kappa shape index (κ2) is 5.23. The molecule has 5 heteroatoms. The van der Waals surface area contributed by atoms with Gasteiger partial charge in [0.2, 0.25) is 5.78 Å². The largest absolute Gasteiger partial charge is 0.493 e. The average molecular weight is 278 g/mol. The van der Waals surface area contributed by atoms with Gasteiger partial charge in [-0.05, 0) is 6.42 Å². The van der Waals surface area contributed by atoms with Gasteiger partial charge in [-0.1, -0.05) is 19.1 Å². The van der Waals surface area contributed by atoms with E-state index in [9.17, 15) is 14.4 Å². The third kappa shape index (κ3) is 2.07. The van der Waals surface area contributed by atoms with Crippen LogP contribution in [0, 0.1) is 17.3 Å². The quantitative estimate of drug-likeness (QED) is 0.577. The number of esters is 1. The number of hydrogen-bond acceptors (Lipinski definition) is 5. The lowest BCUT2D eigenvalue weighted by molar-refractivity contribution is -0.148. The minimum Gasteiger partial charge on any atom is -0.493 e. The summed E-state index contributed by atoms with van der Waals surface area (Å²) < 4.78 is 9.70. The fourth-order valence-electron chi connectivity index (χ4n) is 3.08. The van der Waals surface area contributed by atoms with Crippen LogP contribution in [0.3, 0.4) is 0 Å².